The van der Waals surface area contributed by atoms with Crippen molar-refractivity contribution in [3.05, 3.63) is 29.8 Å². The lowest BCUT2D eigenvalue weighted by molar-refractivity contribution is -0.143. The summed E-state index contributed by atoms with van der Waals surface area (Å²) in [5.41, 5.74) is 0.288. The monoisotopic (exact) mass is 342 g/mol. The van der Waals surface area contributed by atoms with Crippen LogP contribution in [0.1, 0.15) is 30.6 Å². The van der Waals surface area contributed by atoms with Crippen molar-refractivity contribution in [3.8, 4) is 0 Å². The molecule has 0 unspecified atom stereocenters. The maximum atomic E-state index is 12.4. The van der Waals surface area contributed by atoms with Crippen molar-refractivity contribution < 1.29 is 22.7 Å². The molecule has 1 rings (SSSR count). The molecule has 2 N–H and O–H groups in total. The van der Waals surface area contributed by atoms with Gasteiger partial charge in [0.05, 0.1) is 24.6 Å². The van der Waals surface area contributed by atoms with E-state index in [1.807, 2.05) is 13.8 Å². The molecule has 1 aromatic carbocycles. The van der Waals surface area contributed by atoms with Gasteiger partial charge in [0.15, 0.2) is 0 Å². The summed E-state index contributed by atoms with van der Waals surface area (Å²) in [6.07, 6.45) is 1.41. The summed E-state index contributed by atoms with van der Waals surface area (Å²) in [7, 11) is -2.27. The number of ether oxygens (including phenoxy) is 1. The molecular weight excluding hydrogens is 320 g/mol. The molecular formula is C15H22N2O5S. The van der Waals surface area contributed by atoms with Crippen LogP contribution in [0.2, 0.25) is 0 Å². The van der Waals surface area contributed by atoms with Gasteiger partial charge in [0.1, 0.15) is 6.04 Å². The van der Waals surface area contributed by atoms with Crippen LogP contribution in [0.3, 0.4) is 0 Å². The van der Waals surface area contributed by atoms with Gasteiger partial charge in [0.25, 0.3) is 5.91 Å². The van der Waals surface area contributed by atoms with E-state index in [-0.39, 0.29) is 17.2 Å². The SMILES string of the molecule is COC(=O)[C@H](CC(C)C)NC(=O)c1ccccc1NS(C)(=O)=O. The Hall–Kier alpha value is -2.09. The molecule has 7 nitrogen and oxygen atoms in total. The minimum atomic E-state index is -3.52. The van der Waals surface area contributed by atoms with E-state index < -0.39 is 27.9 Å². The highest BCUT2D eigenvalue weighted by Gasteiger charge is 2.24. The van der Waals surface area contributed by atoms with Crippen molar-refractivity contribution in [2.24, 2.45) is 5.92 Å². The molecule has 23 heavy (non-hydrogen) atoms. The van der Waals surface area contributed by atoms with Gasteiger partial charge in [0.2, 0.25) is 10.0 Å². The third kappa shape index (κ3) is 6.27. The van der Waals surface area contributed by atoms with Gasteiger partial charge in [-0.2, -0.15) is 0 Å². The van der Waals surface area contributed by atoms with Crippen molar-refractivity contribution in [1.82, 2.24) is 5.32 Å². The standard InChI is InChI=1S/C15H22N2O5S/c1-10(2)9-13(15(19)22-3)16-14(18)11-7-5-6-8-12(11)17-23(4,20)21/h5-8,10,13,17H,9H2,1-4H3,(H,16,18)/t13-/m0/s1. The Balaban J connectivity index is 3.02. The van der Waals surface area contributed by atoms with Crippen molar-refractivity contribution in [2.75, 3.05) is 18.1 Å². The van der Waals surface area contributed by atoms with Crippen LogP contribution in [0.25, 0.3) is 0 Å². The van der Waals surface area contributed by atoms with E-state index in [1.54, 1.807) is 12.1 Å². The summed E-state index contributed by atoms with van der Waals surface area (Å²) >= 11 is 0. The zero-order chi connectivity index (χ0) is 17.6. The quantitative estimate of drug-likeness (QED) is 0.729. The summed E-state index contributed by atoms with van der Waals surface area (Å²) in [5.74, 6) is -0.919. The highest BCUT2D eigenvalue weighted by molar-refractivity contribution is 7.92. The third-order valence-corrected chi connectivity index (χ3v) is 3.56. The number of amides is 1. The van der Waals surface area contributed by atoms with Crippen molar-refractivity contribution in [2.45, 2.75) is 26.3 Å². The average molecular weight is 342 g/mol. The number of nitrogens with one attached hydrogen (secondary N) is 2. The summed E-state index contributed by atoms with van der Waals surface area (Å²) in [6.45, 7) is 3.84. The molecule has 0 fully saturated rings. The fourth-order valence-electron chi connectivity index (χ4n) is 2.03. The average Bonchev–Trinajstić information content (AvgIpc) is 2.44. The van der Waals surface area contributed by atoms with E-state index >= 15 is 0 Å². The van der Waals surface area contributed by atoms with Gasteiger partial charge < -0.3 is 10.1 Å². The summed E-state index contributed by atoms with van der Waals surface area (Å²) < 4.78 is 29.7. The van der Waals surface area contributed by atoms with E-state index in [0.717, 1.165) is 6.26 Å². The maximum Gasteiger partial charge on any atom is 0.328 e. The Morgan fingerprint density at radius 2 is 1.83 bits per heavy atom. The van der Waals surface area contributed by atoms with Gasteiger partial charge in [-0.05, 0) is 24.5 Å². The molecule has 8 heteroatoms. The van der Waals surface area contributed by atoms with Crippen LogP contribution in [-0.2, 0) is 19.6 Å². The van der Waals surface area contributed by atoms with Crippen LogP contribution in [0.5, 0.6) is 0 Å². The van der Waals surface area contributed by atoms with Crippen LogP contribution in [-0.4, -0.2) is 39.7 Å². The van der Waals surface area contributed by atoms with Crippen LogP contribution < -0.4 is 10.0 Å². The number of hydrogen-bond donors (Lipinski definition) is 2. The van der Waals surface area contributed by atoms with Gasteiger partial charge in [-0.1, -0.05) is 26.0 Å². The van der Waals surface area contributed by atoms with Gasteiger partial charge in [-0.25, -0.2) is 13.2 Å². The van der Waals surface area contributed by atoms with Crippen LogP contribution >= 0.6 is 0 Å². The third-order valence-electron chi connectivity index (χ3n) is 2.97. The number of methoxy groups -OCH3 is 1. The lowest BCUT2D eigenvalue weighted by atomic mass is 10.0. The molecule has 0 heterocycles. The Morgan fingerprint density at radius 3 is 2.35 bits per heavy atom. The fraction of sp³-hybridized carbons (Fsp3) is 0.467. The number of para-hydroxylation sites is 1. The van der Waals surface area contributed by atoms with E-state index in [2.05, 4.69) is 10.0 Å². The van der Waals surface area contributed by atoms with E-state index in [4.69, 9.17) is 4.74 Å². The molecule has 0 spiro atoms. The Bertz CT molecular complexity index is 670. The van der Waals surface area contributed by atoms with Crippen molar-refractivity contribution in [1.29, 1.82) is 0 Å². The first-order valence-electron chi connectivity index (χ1n) is 7.09. The Kier molecular flexibility index (Phi) is 6.56. The molecule has 1 atom stereocenters. The molecule has 0 aliphatic carbocycles. The minimum Gasteiger partial charge on any atom is -0.467 e. The second-order valence-electron chi connectivity index (χ2n) is 5.60. The number of rotatable bonds is 7. The molecule has 0 saturated carbocycles. The normalized spacial score (nSPS) is 12.6. The molecule has 1 amide bonds. The first-order chi connectivity index (χ1) is 10.6. The molecule has 0 radical (unpaired) electrons. The molecule has 0 aromatic heterocycles. The van der Waals surface area contributed by atoms with E-state index in [9.17, 15) is 18.0 Å². The molecule has 0 saturated heterocycles. The summed E-state index contributed by atoms with van der Waals surface area (Å²) in [6, 6.07) is 5.38. The number of benzene rings is 1. The Morgan fingerprint density at radius 1 is 1.22 bits per heavy atom. The summed E-state index contributed by atoms with van der Waals surface area (Å²) in [4.78, 5) is 24.2. The van der Waals surface area contributed by atoms with Gasteiger partial charge in [-0.3, -0.25) is 9.52 Å². The first kappa shape index (κ1) is 19.0. The van der Waals surface area contributed by atoms with E-state index in [1.165, 1.54) is 19.2 Å². The molecule has 0 aliphatic rings. The zero-order valence-electron chi connectivity index (χ0n) is 13.6. The first-order valence-corrected chi connectivity index (χ1v) is 8.98. The second-order valence-corrected chi connectivity index (χ2v) is 7.35. The summed E-state index contributed by atoms with van der Waals surface area (Å²) in [5, 5.41) is 2.59. The minimum absolute atomic E-state index is 0.135. The van der Waals surface area contributed by atoms with Crippen molar-refractivity contribution >= 4 is 27.6 Å². The fourth-order valence-corrected chi connectivity index (χ4v) is 2.61. The molecule has 128 valence electrons. The predicted octanol–water partition coefficient (Wildman–Crippen LogP) is 1.38. The lowest BCUT2D eigenvalue weighted by Gasteiger charge is -2.19. The maximum absolute atomic E-state index is 12.4. The number of hydrogen-bond acceptors (Lipinski definition) is 5. The smallest absolute Gasteiger partial charge is 0.328 e. The molecule has 1 aromatic rings. The van der Waals surface area contributed by atoms with Crippen LogP contribution in [0.15, 0.2) is 24.3 Å². The second kappa shape index (κ2) is 7.96. The van der Waals surface area contributed by atoms with Crippen molar-refractivity contribution in [3.63, 3.8) is 0 Å². The van der Waals surface area contributed by atoms with Gasteiger partial charge >= 0.3 is 5.97 Å². The highest BCUT2D eigenvalue weighted by Crippen LogP contribution is 2.17. The van der Waals surface area contributed by atoms with Crippen LogP contribution in [0.4, 0.5) is 5.69 Å². The number of carbonyl (C=O) groups excluding carboxylic acids is 2. The van der Waals surface area contributed by atoms with Gasteiger partial charge in [-0.15, -0.1) is 0 Å². The van der Waals surface area contributed by atoms with Crippen LogP contribution in [0, 0.1) is 5.92 Å². The zero-order valence-corrected chi connectivity index (χ0v) is 14.4. The molecule has 0 aliphatic heterocycles. The predicted molar refractivity (Wildman–Crippen MR) is 87.6 cm³/mol. The lowest BCUT2D eigenvalue weighted by Crippen LogP contribution is -2.42. The number of anilines is 1. The van der Waals surface area contributed by atoms with Gasteiger partial charge in [0, 0.05) is 0 Å². The largest absolute Gasteiger partial charge is 0.467 e. The van der Waals surface area contributed by atoms with E-state index in [0.29, 0.717) is 6.42 Å². The number of esters is 1. The highest BCUT2D eigenvalue weighted by atomic mass is 32.2. The molecule has 0 bridgehead atoms. The number of carbonyl (C=O) groups is 2. The number of sulfonamides is 1. The Labute approximate surface area is 136 Å². The topological polar surface area (TPSA) is 102 Å².